The van der Waals surface area contributed by atoms with Crippen molar-refractivity contribution < 1.29 is 24.9 Å². The van der Waals surface area contributed by atoms with Crippen LogP contribution in [0.1, 0.15) is 5.56 Å². The fraction of sp³-hybridized carbons (Fsp3) is 0.429. The molecule has 0 saturated heterocycles. The van der Waals surface area contributed by atoms with E-state index < -0.39 is 24.0 Å². The molecule has 0 amide bonds. The van der Waals surface area contributed by atoms with Crippen molar-refractivity contribution in [1.82, 2.24) is 0 Å². The number of thioether (sulfide) groups is 2. The number of nitrogens with two attached hydrogens (primary N) is 2. The summed E-state index contributed by atoms with van der Waals surface area (Å²) in [5.41, 5.74) is 12.4. The number of benzene rings is 1. The van der Waals surface area contributed by atoms with Gasteiger partial charge in [0.25, 0.3) is 0 Å². The van der Waals surface area contributed by atoms with E-state index in [9.17, 15) is 14.7 Å². The second kappa shape index (κ2) is 7.97. The third-order valence-electron chi connectivity index (χ3n) is 3.45. The van der Waals surface area contributed by atoms with Crippen molar-refractivity contribution in [3.05, 3.63) is 11.6 Å². The standard InChI is InChI=1S/C14H19N3O5S2/c15-2-1-6-3-9(23-4-7(16)13(19)20)11(18)10-12(6)24-5-8(17-10)14(21)22/h3,7-8,17-18H,1-2,4-5,15-16H2,(H,19,20)(H,21,22)/t7-,8?/m0/s1. The Morgan fingerprint density at radius 2 is 2.17 bits per heavy atom. The molecule has 1 heterocycles. The van der Waals surface area contributed by atoms with Crippen LogP contribution in [0.4, 0.5) is 5.69 Å². The van der Waals surface area contributed by atoms with Gasteiger partial charge in [0, 0.05) is 16.4 Å². The van der Waals surface area contributed by atoms with Crippen LogP contribution < -0.4 is 16.8 Å². The highest BCUT2D eigenvalue weighted by atomic mass is 32.2. The van der Waals surface area contributed by atoms with Gasteiger partial charge in [0.15, 0.2) is 5.75 Å². The van der Waals surface area contributed by atoms with Gasteiger partial charge in [-0.05, 0) is 24.6 Å². The molecule has 0 spiro atoms. The van der Waals surface area contributed by atoms with E-state index in [0.29, 0.717) is 29.3 Å². The predicted octanol–water partition coefficient (Wildman–Crippen LogP) is 0.368. The summed E-state index contributed by atoms with van der Waals surface area (Å²) in [6, 6.07) is -0.103. The number of rotatable bonds is 7. The van der Waals surface area contributed by atoms with Crippen LogP contribution >= 0.6 is 23.5 Å². The highest BCUT2D eigenvalue weighted by Gasteiger charge is 2.29. The molecule has 24 heavy (non-hydrogen) atoms. The summed E-state index contributed by atoms with van der Waals surface area (Å²) in [4.78, 5) is 23.3. The van der Waals surface area contributed by atoms with Crippen molar-refractivity contribution in [2.75, 3.05) is 23.4 Å². The average Bonchev–Trinajstić information content (AvgIpc) is 2.55. The molecule has 8 nitrogen and oxygen atoms in total. The molecule has 0 fully saturated rings. The molecule has 2 atom stereocenters. The van der Waals surface area contributed by atoms with E-state index in [-0.39, 0.29) is 11.5 Å². The Morgan fingerprint density at radius 3 is 2.75 bits per heavy atom. The van der Waals surface area contributed by atoms with E-state index >= 15 is 0 Å². The number of fused-ring (bicyclic) bond motifs is 1. The van der Waals surface area contributed by atoms with Gasteiger partial charge in [-0.25, -0.2) is 4.79 Å². The molecule has 0 bridgehead atoms. The zero-order valence-corrected chi connectivity index (χ0v) is 14.3. The summed E-state index contributed by atoms with van der Waals surface area (Å²) in [6.45, 7) is 0.402. The lowest BCUT2D eigenvalue weighted by molar-refractivity contribution is -0.138. The van der Waals surface area contributed by atoms with Crippen LogP contribution in [0.3, 0.4) is 0 Å². The van der Waals surface area contributed by atoms with E-state index in [4.69, 9.17) is 21.7 Å². The largest absolute Gasteiger partial charge is 0.505 e. The van der Waals surface area contributed by atoms with Crippen molar-refractivity contribution in [1.29, 1.82) is 0 Å². The van der Waals surface area contributed by atoms with E-state index in [0.717, 1.165) is 22.2 Å². The molecule has 2 rings (SSSR count). The minimum atomic E-state index is -1.12. The molecular weight excluding hydrogens is 354 g/mol. The molecule has 1 aromatic carbocycles. The van der Waals surface area contributed by atoms with Crippen molar-refractivity contribution in [2.24, 2.45) is 11.5 Å². The summed E-state index contributed by atoms with van der Waals surface area (Å²) in [5.74, 6) is -1.79. The summed E-state index contributed by atoms with van der Waals surface area (Å²) >= 11 is 2.47. The highest BCUT2D eigenvalue weighted by Crippen LogP contribution is 2.47. The van der Waals surface area contributed by atoms with Crippen LogP contribution in [0.15, 0.2) is 15.9 Å². The number of phenols is 1. The number of aromatic hydroxyl groups is 1. The van der Waals surface area contributed by atoms with Crippen molar-refractivity contribution in [2.45, 2.75) is 28.3 Å². The molecule has 10 heteroatoms. The maximum atomic E-state index is 11.2. The zero-order valence-electron chi connectivity index (χ0n) is 12.7. The van der Waals surface area contributed by atoms with Gasteiger partial charge in [0.1, 0.15) is 12.1 Å². The average molecular weight is 373 g/mol. The number of hydrogen-bond donors (Lipinski definition) is 6. The Bertz CT molecular complexity index is 656. The van der Waals surface area contributed by atoms with Crippen LogP contribution in [-0.2, 0) is 16.0 Å². The van der Waals surface area contributed by atoms with E-state index in [1.807, 2.05) is 0 Å². The number of anilines is 1. The second-order valence-electron chi connectivity index (χ2n) is 5.23. The number of hydrogen-bond acceptors (Lipinski definition) is 8. The second-order valence-corrected chi connectivity index (χ2v) is 7.32. The topological polar surface area (TPSA) is 159 Å². The first-order valence-electron chi connectivity index (χ1n) is 7.17. The van der Waals surface area contributed by atoms with E-state index in [2.05, 4.69) is 5.32 Å². The number of aliphatic carboxylic acids is 2. The molecule has 132 valence electrons. The molecular formula is C14H19N3O5S2. The van der Waals surface area contributed by atoms with E-state index in [1.165, 1.54) is 11.8 Å². The molecule has 0 radical (unpaired) electrons. The molecule has 1 aromatic rings. The third kappa shape index (κ3) is 4.07. The summed E-state index contributed by atoms with van der Waals surface area (Å²) in [6.07, 6.45) is 0.563. The number of nitrogens with one attached hydrogen (secondary N) is 1. The minimum Gasteiger partial charge on any atom is -0.505 e. The van der Waals surface area contributed by atoms with Gasteiger partial charge in [-0.1, -0.05) is 0 Å². The van der Waals surface area contributed by atoms with Crippen molar-refractivity contribution >= 4 is 41.1 Å². The van der Waals surface area contributed by atoms with Gasteiger partial charge < -0.3 is 32.1 Å². The zero-order chi connectivity index (χ0) is 17.9. The van der Waals surface area contributed by atoms with Gasteiger partial charge in [-0.15, -0.1) is 23.5 Å². The Kier molecular flexibility index (Phi) is 6.21. The lowest BCUT2D eigenvalue weighted by Crippen LogP contribution is -2.34. The van der Waals surface area contributed by atoms with Gasteiger partial charge in [0.2, 0.25) is 0 Å². The lowest BCUT2D eigenvalue weighted by atomic mass is 10.1. The quantitative estimate of drug-likeness (QED) is 0.291. The first-order valence-corrected chi connectivity index (χ1v) is 9.14. The van der Waals surface area contributed by atoms with Gasteiger partial charge in [-0.3, -0.25) is 4.79 Å². The smallest absolute Gasteiger partial charge is 0.327 e. The summed E-state index contributed by atoms with van der Waals surface area (Å²) in [5, 5.41) is 31.3. The monoisotopic (exact) mass is 373 g/mol. The Labute approximate surface area is 147 Å². The normalized spacial score (nSPS) is 17.7. The molecule has 1 unspecified atom stereocenters. The van der Waals surface area contributed by atoms with Crippen molar-refractivity contribution in [3.63, 3.8) is 0 Å². The van der Waals surface area contributed by atoms with Crippen molar-refractivity contribution in [3.8, 4) is 5.75 Å². The molecule has 8 N–H and O–H groups in total. The third-order valence-corrected chi connectivity index (χ3v) is 5.86. The van der Waals surface area contributed by atoms with E-state index in [1.54, 1.807) is 6.07 Å². The number of carbonyl (C=O) groups is 2. The summed E-state index contributed by atoms with van der Waals surface area (Å²) in [7, 11) is 0. The maximum absolute atomic E-state index is 11.2. The van der Waals surface area contributed by atoms with Crippen LogP contribution in [-0.4, -0.2) is 57.4 Å². The lowest BCUT2D eigenvalue weighted by Gasteiger charge is -2.27. The summed E-state index contributed by atoms with van der Waals surface area (Å²) < 4.78 is 0. The minimum absolute atomic E-state index is 0.0826. The van der Waals surface area contributed by atoms with Crippen LogP contribution in [0.25, 0.3) is 0 Å². The molecule has 1 aliphatic rings. The molecule has 1 aliphatic heterocycles. The van der Waals surface area contributed by atoms with Gasteiger partial charge in [0.05, 0.1) is 10.6 Å². The SMILES string of the molecule is NCCc1cc(SC[C@H](N)C(=O)O)c(O)c2c1SCC(C(=O)O)N2. The maximum Gasteiger partial charge on any atom is 0.327 e. The van der Waals surface area contributed by atoms with Crippen LogP contribution in [0.5, 0.6) is 5.75 Å². The molecule has 0 saturated carbocycles. The van der Waals surface area contributed by atoms with Crippen LogP contribution in [0.2, 0.25) is 0 Å². The number of phenolic OH excluding ortho intramolecular Hbond substituents is 1. The van der Waals surface area contributed by atoms with Crippen LogP contribution in [0, 0.1) is 0 Å². The Morgan fingerprint density at radius 1 is 1.46 bits per heavy atom. The number of carboxylic acid groups (broad SMARTS) is 2. The fourth-order valence-electron chi connectivity index (χ4n) is 2.20. The fourth-order valence-corrected chi connectivity index (χ4v) is 4.37. The van der Waals surface area contributed by atoms with Gasteiger partial charge >= 0.3 is 11.9 Å². The predicted molar refractivity (Wildman–Crippen MR) is 93.0 cm³/mol. The number of carboxylic acids is 2. The molecule has 0 aliphatic carbocycles. The Hall–Kier alpha value is -1.62. The Balaban J connectivity index is 2.35. The first-order chi connectivity index (χ1) is 11.3. The molecule has 0 aromatic heterocycles. The van der Waals surface area contributed by atoms with Gasteiger partial charge in [-0.2, -0.15) is 0 Å². The highest BCUT2D eigenvalue weighted by molar-refractivity contribution is 8.00. The first kappa shape index (κ1) is 18.7.